The lowest BCUT2D eigenvalue weighted by Gasteiger charge is -1.88. The summed E-state index contributed by atoms with van der Waals surface area (Å²) in [5.41, 5.74) is 7.03. The van der Waals surface area contributed by atoms with Crippen molar-refractivity contribution in [1.82, 2.24) is 10.1 Å². The second-order valence-corrected chi connectivity index (χ2v) is 3.36. The summed E-state index contributed by atoms with van der Waals surface area (Å²) < 4.78 is 10.4. The van der Waals surface area contributed by atoms with Gasteiger partial charge in [0.1, 0.15) is 11.8 Å². The fourth-order valence-corrected chi connectivity index (χ4v) is 1.60. The van der Waals surface area contributed by atoms with Gasteiger partial charge in [-0.2, -0.15) is 4.98 Å². The third-order valence-electron chi connectivity index (χ3n) is 2.36. The second kappa shape index (κ2) is 3.46. The number of benzene rings is 1. The van der Waals surface area contributed by atoms with Crippen LogP contribution >= 0.6 is 0 Å². The van der Waals surface area contributed by atoms with Crippen molar-refractivity contribution in [2.45, 2.75) is 6.54 Å². The summed E-state index contributed by atoms with van der Waals surface area (Å²) in [5.74, 6) is 0.922. The zero-order valence-corrected chi connectivity index (χ0v) is 8.38. The average Bonchev–Trinajstić information content (AvgIpc) is 2.94. The van der Waals surface area contributed by atoms with Gasteiger partial charge >= 0.3 is 0 Å². The van der Waals surface area contributed by atoms with E-state index in [9.17, 15) is 0 Å². The van der Waals surface area contributed by atoms with Gasteiger partial charge in [-0.3, -0.25) is 0 Å². The first-order valence-electron chi connectivity index (χ1n) is 4.88. The molecule has 2 aromatic heterocycles. The molecule has 3 rings (SSSR count). The van der Waals surface area contributed by atoms with Crippen LogP contribution in [0.1, 0.15) is 5.89 Å². The number of hydrogen-bond acceptors (Lipinski definition) is 5. The van der Waals surface area contributed by atoms with Crippen LogP contribution in [0.2, 0.25) is 0 Å². The molecule has 0 radical (unpaired) electrons. The van der Waals surface area contributed by atoms with Crippen LogP contribution in [-0.4, -0.2) is 10.1 Å². The van der Waals surface area contributed by atoms with Gasteiger partial charge in [0, 0.05) is 5.39 Å². The van der Waals surface area contributed by atoms with Gasteiger partial charge < -0.3 is 14.7 Å². The highest BCUT2D eigenvalue weighted by atomic mass is 16.5. The minimum Gasteiger partial charge on any atom is -0.464 e. The Kier molecular flexibility index (Phi) is 1.97. The number of fused-ring (bicyclic) bond motifs is 1. The van der Waals surface area contributed by atoms with E-state index in [-0.39, 0.29) is 6.54 Å². The highest BCUT2D eigenvalue weighted by Gasteiger charge is 2.13. The van der Waals surface area contributed by atoms with E-state index in [0.717, 1.165) is 16.5 Å². The standard InChI is InChI=1S/C11H9N3O2/c12-5-10-13-11(14-16-10)8-6-15-9-4-2-1-3-7(8)9/h1-4,6H,5,12H2. The Bertz CT molecular complexity index is 627. The van der Waals surface area contributed by atoms with Crippen LogP contribution in [-0.2, 0) is 6.54 Å². The lowest BCUT2D eigenvalue weighted by molar-refractivity contribution is 0.380. The summed E-state index contributed by atoms with van der Waals surface area (Å²) in [4.78, 5) is 4.16. The Labute approximate surface area is 90.9 Å². The molecule has 5 heteroatoms. The monoisotopic (exact) mass is 215 g/mol. The van der Waals surface area contributed by atoms with Gasteiger partial charge in [-0.15, -0.1) is 0 Å². The number of hydrogen-bond donors (Lipinski definition) is 1. The van der Waals surface area contributed by atoms with E-state index in [2.05, 4.69) is 10.1 Å². The summed E-state index contributed by atoms with van der Waals surface area (Å²) in [6.07, 6.45) is 1.62. The molecule has 0 fully saturated rings. The van der Waals surface area contributed by atoms with Gasteiger partial charge in [-0.05, 0) is 6.07 Å². The van der Waals surface area contributed by atoms with Crippen LogP contribution in [0.15, 0.2) is 39.5 Å². The Balaban J connectivity index is 2.18. The number of rotatable bonds is 2. The van der Waals surface area contributed by atoms with Crippen LogP contribution < -0.4 is 5.73 Å². The zero-order chi connectivity index (χ0) is 11.0. The predicted molar refractivity (Wildman–Crippen MR) is 57.4 cm³/mol. The van der Waals surface area contributed by atoms with Crippen molar-refractivity contribution < 1.29 is 8.94 Å². The molecule has 5 nitrogen and oxygen atoms in total. The van der Waals surface area contributed by atoms with E-state index < -0.39 is 0 Å². The van der Waals surface area contributed by atoms with Crippen molar-refractivity contribution >= 4 is 11.0 Å². The zero-order valence-electron chi connectivity index (χ0n) is 8.38. The molecule has 16 heavy (non-hydrogen) atoms. The van der Waals surface area contributed by atoms with E-state index >= 15 is 0 Å². The molecule has 0 aliphatic carbocycles. The largest absolute Gasteiger partial charge is 0.464 e. The van der Waals surface area contributed by atoms with Gasteiger partial charge in [0.2, 0.25) is 11.7 Å². The van der Waals surface area contributed by atoms with Crippen LogP contribution in [0.4, 0.5) is 0 Å². The Hall–Kier alpha value is -2.14. The molecule has 0 aliphatic rings. The van der Waals surface area contributed by atoms with Crippen molar-refractivity contribution in [3.05, 3.63) is 36.4 Å². The molecule has 0 saturated heterocycles. The average molecular weight is 215 g/mol. The number of nitrogens with zero attached hydrogens (tertiary/aromatic N) is 2. The maximum Gasteiger partial charge on any atom is 0.240 e. The number of aromatic nitrogens is 2. The Morgan fingerprint density at radius 3 is 2.94 bits per heavy atom. The molecule has 80 valence electrons. The summed E-state index contributed by atoms with van der Waals surface area (Å²) >= 11 is 0. The number of furan rings is 1. The Morgan fingerprint density at radius 1 is 1.25 bits per heavy atom. The lowest BCUT2D eigenvalue weighted by atomic mass is 10.2. The second-order valence-electron chi connectivity index (χ2n) is 3.36. The van der Waals surface area contributed by atoms with Gasteiger partial charge in [0.05, 0.1) is 12.1 Å². The van der Waals surface area contributed by atoms with E-state index in [0.29, 0.717) is 11.7 Å². The minimum absolute atomic E-state index is 0.239. The molecule has 0 unspecified atom stereocenters. The van der Waals surface area contributed by atoms with Gasteiger partial charge in [-0.1, -0.05) is 23.4 Å². The maximum atomic E-state index is 5.41. The van der Waals surface area contributed by atoms with E-state index in [4.69, 9.17) is 14.7 Å². The summed E-state index contributed by atoms with van der Waals surface area (Å²) in [5, 5.41) is 4.82. The third-order valence-corrected chi connectivity index (χ3v) is 2.36. The molecule has 3 aromatic rings. The number of nitrogens with two attached hydrogens (primary N) is 1. The van der Waals surface area contributed by atoms with Crippen LogP contribution in [0, 0.1) is 0 Å². The highest BCUT2D eigenvalue weighted by molar-refractivity contribution is 5.91. The summed E-state index contributed by atoms with van der Waals surface area (Å²) in [6.45, 7) is 0.239. The van der Waals surface area contributed by atoms with Crippen molar-refractivity contribution in [2.75, 3.05) is 0 Å². The summed E-state index contributed by atoms with van der Waals surface area (Å²) in [6, 6.07) is 7.69. The fourth-order valence-electron chi connectivity index (χ4n) is 1.60. The molecule has 0 atom stereocenters. The van der Waals surface area contributed by atoms with Gasteiger partial charge in [0.15, 0.2) is 0 Å². The highest BCUT2D eigenvalue weighted by Crippen LogP contribution is 2.28. The minimum atomic E-state index is 0.239. The molecule has 0 aliphatic heterocycles. The van der Waals surface area contributed by atoms with E-state index in [1.807, 2.05) is 24.3 Å². The molecular weight excluding hydrogens is 206 g/mol. The smallest absolute Gasteiger partial charge is 0.240 e. The van der Waals surface area contributed by atoms with E-state index in [1.54, 1.807) is 6.26 Å². The van der Waals surface area contributed by atoms with Crippen molar-refractivity contribution in [3.8, 4) is 11.4 Å². The Morgan fingerprint density at radius 2 is 2.12 bits per heavy atom. The predicted octanol–water partition coefficient (Wildman–Crippen LogP) is 1.94. The lowest BCUT2D eigenvalue weighted by Crippen LogP contribution is -1.95. The van der Waals surface area contributed by atoms with Crippen LogP contribution in [0.25, 0.3) is 22.4 Å². The molecule has 2 N–H and O–H groups in total. The maximum absolute atomic E-state index is 5.41. The molecule has 0 saturated carbocycles. The molecule has 2 heterocycles. The quantitative estimate of drug-likeness (QED) is 0.706. The fraction of sp³-hybridized carbons (Fsp3) is 0.0909. The molecular formula is C11H9N3O2. The van der Waals surface area contributed by atoms with Crippen LogP contribution in [0.3, 0.4) is 0 Å². The molecule has 0 bridgehead atoms. The molecule has 0 amide bonds. The van der Waals surface area contributed by atoms with Crippen LogP contribution in [0.5, 0.6) is 0 Å². The third kappa shape index (κ3) is 1.30. The molecule has 1 aromatic carbocycles. The van der Waals surface area contributed by atoms with Crippen molar-refractivity contribution in [3.63, 3.8) is 0 Å². The normalized spacial score (nSPS) is 11.1. The van der Waals surface area contributed by atoms with Gasteiger partial charge in [0.25, 0.3) is 0 Å². The van der Waals surface area contributed by atoms with Crippen molar-refractivity contribution in [1.29, 1.82) is 0 Å². The SMILES string of the molecule is NCc1nc(-c2coc3ccccc23)no1. The number of para-hydroxylation sites is 1. The first kappa shape index (κ1) is 9.11. The molecule has 0 spiro atoms. The first-order chi connectivity index (χ1) is 7.88. The van der Waals surface area contributed by atoms with E-state index in [1.165, 1.54) is 0 Å². The first-order valence-corrected chi connectivity index (χ1v) is 4.88. The summed E-state index contributed by atoms with van der Waals surface area (Å²) in [7, 11) is 0. The van der Waals surface area contributed by atoms with Gasteiger partial charge in [-0.25, -0.2) is 0 Å². The topological polar surface area (TPSA) is 78.1 Å². The van der Waals surface area contributed by atoms with Crippen molar-refractivity contribution in [2.24, 2.45) is 5.73 Å².